The number of rotatable bonds is 8. The van der Waals surface area contributed by atoms with Crippen molar-refractivity contribution in [1.29, 1.82) is 0 Å². The Bertz CT molecular complexity index is 1910. The fourth-order valence-corrected chi connectivity index (χ4v) is 8.79. The second-order valence-electron chi connectivity index (χ2n) is 14.4. The number of hydrogen-bond acceptors (Lipinski definition) is 10. The van der Waals surface area contributed by atoms with Gasteiger partial charge in [-0.05, 0) is 68.6 Å². The molecule has 1 saturated heterocycles. The summed E-state index contributed by atoms with van der Waals surface area (Å²) in [5.41, 5.74) is -1.61. The van der Waals surface area contributed by atoms with E-state index in [4.69, 9.17) is 25.8 Å². The van der Waals surface area contributed by atoms with E-state index in [2.05, 4.69) is 20.3 Å². The van der Waals surface area contributed by atoms with Crippen molar-refractivity contribution >= 4 is 56.2 Å². The van der Waals surface area contributed by atoms with Crippen molar-refractivity contribution in [3.63, 3.8) is 0 Å². The van der Waals surface area contributed by atoms with Crippen molar-refractivity contribution in [3.05, 3.63) is 36.5 Å². The summed E-state index contributed by atoms with van der Waals surface area (Å²) >= 11 is 6.19. The average molecular weight is 762 g/mol. The number of aromatic nitrogens is 1. The van der Waals surface area contributed by atoms with Crippen LogP contribution in [0.4, 0.5) is 4.79 Å². The molecule has 6 rings (SSSR count). The molecule has 7 unspecified atom stereocenters. The van der Waals surface area contributed by atoms with E-state index < -0.39 is 73.6 Å². The first-order valence-electron chi connectivity index (χ1n) is 17.3. The number of carboxylic acid groups (broad SMARTS) is 1. The molecule has 4 N–H and O–H groups in total. The minimum absolute atomic E-state index is 0.0329. The summed E-state index contributed by atoms with van der Waals surface area (Å²) in [5.74, 6) is -1.82. The molecule has 0 radical (unpaired) electrons. The SMILES string of the molecule is COc1ccc2c(OC3CC4C(=O)NC5(C(=O)NS(=O)(=O)C6(Cl)CC6)CC5C=CCCC(C)CC(C)C(NC(=O)O)C(=O)N4C3)ncc(OC)c2c1. The highest BCUT2D eigenvalue weighted by Gasteiger charge is 2.63. The van der Waals surface area contributed by atoms with Gasteiger partial charge < -0.3 is 34.9 Å². The minimum Gasteiger partial charge on any atom is -0.497 e. The van der Waals surface area contributed by atoms with Gasteiger partial charge in [0.1, 0.15) is 35.2 Å². The van der Waals surface area contributed by atoms with Crippen molar-refractivity contribution in [2.45, 2.75) is 86.7 Å². The van der Waals surface area contributed by atoms with Crippen LogP contribution in [-0.4, -0.2) is 95.9 Å². The molecule has 0 spiro atoms. The summed E-state index contributed by atoms with van der Waals surface area (Å²) in [6.45, 7) is 3.70. The van der Waals surface area contributed by atoms with Crippen LogP contribution in [0.2, 0.25) is 0 Å². The number of methoxy groups -OCH3 is 2. The quantitative estimate of drug-likeness (QED) is 0.227. The summed E-state index contributed by atoms with van der Waals surface area (Å²) in [5, 5.41) is 16.2. The molecule has 2 aromatic rings. The van der Waals surface area contributed by atoms with Crippen molar-refractivity contribution in [2.75, 3.05) is 20.8 Å². The Morgan fingerprint density at radius 3 is 2.54 bits per heavy atom. The van der Waals surface area contributed by atoms with Crippen molar-refractivity contribution in [1.82, 2.24) is 25.2 Å². The fraction of sp³-hybridized carbons (Fsp3) is 0.571. The number of halogens is 1. The van der Waals surface area contributed by atoms with Crippen LogP contribution < -0.4 is 29.6 Å². The lowest BCUT2D eigenvalue weighted by Crippen LogP contribution is -2.59. The maximum atomic E-state index is 14.4. The summed E-state index contributed by atoms with van der Waals surface area (Å²) in [4.78, 5) is 60.1. The molecular formula is C35H44ClN5O10S. The number of nitrogens with zero attached hydrogens (tertiary/aromatic N) is 2. The molecule has 2 aliphatic carbocycles. The van der Waals surface area contributed by atoms with Crippen LogP contribution in [0.15, 0.2) is 36.5 Å². The van der Waals surface area contributed by atoms with Gasteiger partial charge in [-0.25, -0.2) is 22.9 Å². The Morgan fingerprint density at radius 2 is 1.87 bits per heavy atom. The number of amides is 4. The predicted molar refractivity (Wildman–Crippen MR) is 190 cm³/mol. The minimum atomic E-state index is -4.24. The van der Waals surface area contributed by atoms with Gasteiger partial charge in [0.25, 0.3) is 15.9 Å². The number of alkyl halides is 1. The first-order valence-corrected chi connectivity index (χ1v) is 19.2. The van der Waals surface area contributed by atoms with Crippen LogP contribution in [0.1, 0.15) is 58.8 Å². The van der Waals surface area contributed by atoms with Crippen molar-refractivity contribution in [2.24, 2.45) is 17.8 Å². The van der Waals surface area contributed by atoms with Crippen LogP contribution >= 0.6 is 11.6 Å². The molecule has 3 fully saturated rings. The van der Waals surface area contributed by atoms with Crippen LogP contribution in [0.3, 0.4) is 0 Å². The van der Waals surface area contributed by atoms with Gasteiger partial charge in [-0.1, -0.05) is 37.6 Å². The molecule has 4 amide bonds. The zero-order valence-corrected chi connectivity index (χ0v) is 31.0. The number of ether oxygens (including phenoxy) is 3. The molecule has 0 bridgehead atoms. The number of pyridine rings is 1. The van der Waals surface area contributed by atoms with Crippen molar-refractivity contribution in [3.8, 4) is 17.4 Å². The highest BCUT2D eigenvalue weighted by atomic mass is 35.5. The van der Waals surface area contributed by atoms with E-state index in [1.165, 1.54) is 25.3 Å². The lowest BCUT2D eigenvalue weighted by atomic mass is 9.88. The first kappa shape index (κ1) is 37.4. The molecule has 1 aromatic heterocycles. The van der Waals surface area contributed by atoms with Crippen LogP contribution in [0.25, 0.3) is 10.8 Å². The molecule has 3 heterocycles. The van der Waals surface area contributed by atoms with Gasteiger partial charge in [0.2, 0.25) is 17.7 Å². The van der Waals surface area contributed by atoms with Gasteiger partial charge in [-0.3, -0.25) is 14.4 Å². The topological polar surface area (TPSA) is 203 Å². The van der Waals surface area contributed by atoms with E-state index in [0.717, 1.165) is 0 Å². The van der Waals surface area contributed by atoms with Crippen LogP contribution in [0, 0.1) is 17.8 Å². The maximum Gasteiger partial charge on any atom is 0.405 e. The third-order valence-electron chi connectivity index (χ3n) is 10.6. The monoisotopic (exact) mass is 761 g/mol. The van der Waals surface area contributed by atoms with Gasteiger partial charge in [-0.2, -0.15) is 0 Å². The Balaban J connectivity index is 1.35. The van der Waals surface area contributed by atoms with Crippen LogP contribution in [0.5, 0.6) is 17.4 Å². The predicted octanol–water partition coefficient (Wildman–Crippen LogP) is 3.30. The molecular weight excluding hydrogens is 718 g/mol. The number of sulfonamides is 1. The standard InChI is InChI=1S/C35H44ClN5O10S/c1-19-7-5-6-8-21-16-35(21,32(44)40-52(47,48)34(36)11-12-34)39-29(42)26-15-23(18-41(26)31(43)28(20(2)13-19)38-33(45)46)51-30-24-10-9-22(49-3)14-25(24)27(50-4)17-37-30/h6,8-10,14,17,19-21,23,26,28,38H,5,7,11-13,15-16,18H2,1-4H3,(H,39,42)(H,40,44)(H,45,46). The fourth-order valence-electron chi connectivity index (χ4n) is 7.33. The van der Waals surface area contributed by atoms with E-state index in [1.54, 1.807) is 25.1 Å². The highest BCUT2D eigenvalue weighted by molar-refractivity contribution is 7.93. The molecule has 1 aromatic carbocycles. The molecule has 7 atom stereocenters. The molecule has 52 heavy (non-hydrogen) atoms. The Kier molecular flexibility index (Phi) is 10.3. The zero-order chi connectivity index (χ0) is 37.6. The number of fused-ring (bicyclic) bond motifs is 3. The van der Waals surface area contributed by atoms with E-state index >= 15 is 0 Å². The number of benzene rings is 1. The lowest BCUT2D eigenvalue weighted by molar-refractivity contribution is -0.142. The lowest BCUT2D eigenvalue weighted by Gasteiger charge is -2.32. The van der Waals surface area contributed by atoms with Gasteiger partial charge >= 0.3 is 6.09 Å². The van der Waals surface area contributed by atoms with E-state index in [1.807, 2.05) is 19.1 Å². The third kappa shape index (κ3) is 7.31. The number of nitrogens with one attached hydrogen (secondary N) is 3. The smallest absolute Gasteiger partial charge is 0.405 e. The second-order valence-corrected chi connectivity index (χ2v) is 17.3. The molecule has 4 aliphatic rings. The summed E-state index contributed by atoms with van der Waals surface area (Å²) in [7, 11) is -1.20. The van der Waals surface area contributed by atoms with E-state index in [-0.39, 0.29) is 44.0 Å². The normalized spacial score (nSPS) is 30.1. The highest BCUT2D eigenvalue weighted by Crippen LogP contribution is 2.49. The molecule has 282 valence electrons. The van der Waals surface area contributed by atoms with Gasteiger partial charge in [0.05, 0.1) is 27.0 Å². The Morgan fingerprint density at radius 1 is 1.12 bits per heavy atom. The number of allylic oxidation sites excluding steroid dienone is 1. The van der Waals surface area contributed by atoms with Gasteiger partial charge in [-0.15, -0.1) is 0 Å². The van der Waals surface area contributed by atoms with Gasteiger partial charge in [0.15, 0.2) is 4.21 Å². The first-order chi connectivity index (χ1) is 24.6. The molecule has 2 aliphatic heterocycles. The van der Waals surface area contributed by atoms with E-state index in [9.17, 15) is 32.7 Å². The average Bonchev–Trinajstić information content (AvgIpc) is 3.98. The van der Waals surface area contributed by atoms with E-state index in [0.29, 0.717) is 41.5 Å². The number of carbonyl (C=O) groups is 4. The molecule has 15 nitrogen and oxygen atoms in total. The summed E-state index contributed by atoms with van der Waals surface area (Å²) < 4.78 is 43.7. The Labute approximate surface area is 306 Å². The Hall–Kier alpha value is -4.31. The second kappa shape index (κ2) is 14.3. The summed E-state index contributed by atoms with van der Waals surface area (Å²) in [6, 6.07) is 2.87. The molecule has 17 heteroatoms. The largest absolute Gasteiger partial charge is 0.497 e. The number of carbonyl (C=O) groups excluding carboxylic acids is 3. The summed E-state index contributed by atoms with van der Waals surface area (Å²) in [6.07, 6.45) is 5.37. The van der Waals surface area contributed by atoms with Crippen molar-refractivity contribution < 1.29 is 46.9 Å². The van der Waals surface area contributed by atoms with Gasteiger partial charge in [0, 0.05) is 23.1 Å². The zero-order valence-electron chi connectivity index (χ0n) is 29.4. The molecule has 2 saturated carbocycles. The number of hydrogen-bond donors (Lipinski definition) is 4. The maximum absolute atomic E-state index is 14.4. The third-order valence-corrected chi connectivity index (χ3v) is 13.4. The van der Waals surface area contributed by atoms with Crippen LogP contribution in [-0.2, 0) is 24.4 Å².